The predicted molar refractivity (Wildman–Crippen MR) is 78.5 cm³/mol. The zero-order valence-electron chi connectivity index (χ0n) is 11.5. The molecule has 1 aromatic rings. The van der Waals surface area contributed by atoms with Crippen LogP contribution in [0.4, 0.5) is 0 Å². The van der Waals surface area contributed by atoms with E-state index < -0.39 is 5.91 Å². The summed E-state index contributed by atoms with van der Waals surface area (Å²) in [5, 5.41) is 1.42. The van der Waals surface area contributed by atoms with Crippen molar-refractivity contribution < 1.29 is 14.4 Å². The van der Waals surface area contributed by atoms with E-state index in [9.17, 15) is 14.4 Å². The van der Waals surface area contributed by atoms with Crippen LogP contribution in [0.3, 0.4) is 0 Å². The molecule has 4 unspecified atom stereocenters. The Hall–Kier alpha value is -2.14. The van der Waals surface area contributed by atoms with E-state index in [0.29, 0.717) is 10.6 Å². The number of allylic oxidation sites excluding steroid dienone is 2. The number of nitrogens with zero attached hydrogens (tertiary/aromatic N) is 1. The van der Waals surface area contributed by atoms with E-state index in [1.54, 1.807) is 24.3 Å². The normalized spacial score (nSPS) is 31.8. The summed E-state index contributed by atoms with van der Waals surface area (Å²) >= 11 is 5.78. The first-order valence-corrected chi connectivity index (χ1v) is 7.57. The van der Waals surface area contributed by atoms with Gasteiger partial charge in [-0.2, -0.15) is 5.01 Å². The zero-order valence-corrected chi connectivity index (χ0v) is 12.3. The van der Waals surface area contributed by atoms with Crippen LogP contribution in [-0.4, -0.2) is 22.7 Å². The molecule has 0 radical (unpaired) electrons. The minimum absolute atomic E-state index is 0.129. The van der Waals surface area contributed by atoms with Crippen LogP contribution in [0.2, 0.25) is 5.02 Å². The van der Waals surface area contributed by atoms with Crippen molar-refractivity contribution in [1.82, 2.24) is 10.4 Å². The number of hydrogen-bond acceptors (Lipinski definition) is 3. The van der Waals surface area contributed by atoms with E-state index >= 15 is 0 Å². The fraction of sp³-hybridized carbons (Fsp3) is 0.312. The minimum atomic E-state index is -0.487. The van der Waals surface area contributed by atoms with Crippen molar-refractivity contribution in [2.24, 2.45) is 23.7 Å². The lowest BCUT2D eigenvalue weighted by Gasteiger charge is -2.17. The Morgan fingerprint density at radius 2 is 1.59 bits per heavy atom. The summed E-state index contributed by atoms with van der Waals surface area (Å²) in [6.45, 7) is 0. The van der Waals surface area contributed by atoms with Gasteiger partial charge < -0.3 is 0 Å². The molecular weight excluding hydrogens is 304 g/mol. The van der Waals surface area contributed by atoms with E-state index in [4.69, 9.17) is 11.6 Å². The third-order valence-corrected chi connectivity index (χ3v) is 5.04. The van der Waals surface area contributed by atoms with Crippen molar-refractivity contribution in [1.29, 1.82) is 0 Å². The van der Waals surface area contributed by atoms with Gasteiger partial charge in [-0.3, -0.25) is 19.8 Å². The van der Waals surface area contributed by atoms with E-state index in [2.05, 4.69) is 5.43 Å². The van der Waals surface area contributed by atoms with Crippen LogP contribution in [0.15, 0.2) is 36.4 Å². The van der Waals surface area contributed by atoms with Gasteiger partial charge in [0.15, 0.2) is 0 Å². The molecule has 0 aromatic heterocycles. The summed E-state index contributed by atoms with van der Waals surface area (Å²) in [6.07, 6.45) is 4.90. The third-order valence-electron chi connectivity index (χ3n) is 4.79. The number of carbonyl (C=O) groups is 3. The molecule has 1 N–H and O–H groups in total. The molecule has 3 amide bonds. The molecule has 3 aliphatic rings. The average Bonchev–Trinajstić information content (AvgIpc) is 3.17. The number of hydrogen-bond donors (Lipinski definition) is 1. The van der Waals surface area contributed by atoms with Gasteiger partial charge in [0, 0.05) is 10.6 Å². The topological polar surface area (TPSA) is 66.5 Å². The van der Waals surface area contributed by atoms with Gasteiger partial charge in [0.05, 0.1) is 11.8 Å². The standard InChI is InChI=1S/C16H13ClN2O3/c17-11-5-3-8(4-6-11)14(20)18-19-15(21)12-9-1-2-10(7-9)13(12)16(19)22/h1-6,9-10,12-13H,7H2,(H,18,20). The third kappa shape index (κ3) is 1.82. The second-order valence-electron chi connectivity index (χ2n) is 5.96. The maximum Gasteiger partial charge on any atom is 0.270 e. The van der Waals surface area contributed by atoms with Gasteiger partial charge in [0.1, 0.15) is 0 Å². The molecule has 1 aromatic carbocycles. The average molecular weight is 317 g/mol. The Morgan fingerprint density at radius 3 is 2.14 bits per heavy atom. The predicted octanol–water partition coefficient (Wildman–Crippen LogP) is 1.79. The lowest BCUT2D eigenvalue weighted by Crippen LogP contribution is -2.47. The molecule has 2 fully saturated rings. The van der Waals surface area contributed by atoms with Gasteiger partial charge in [-0.15, -0.1) is 0 Å². The Labute approximate surface area is 131 Å². The summed E-state index contributed by atoms with van der Waals surface area (Å²) in [5.74, 6) is -1.45. The Morgan fingerprint density at radius 1 is 1.05 bits per heavy atom. The van der Waals surface area contributed by atoms with Crippen molar-refractivity contribution in [3.63, 3.8) is 0 Å². The van der Waals surface area contributed by atoms with Crippen molar-refractivity contribution in [2.45, 2.75) is 6.42 Å². The summed E-state index contributed by atoms with van der Waals surface area (Å²) in [5.41, 5.74) is 2.79. The van der Waals surface area contributed by atoms with Gasteiger partial charge in [-0.05, 0) is 42.5 Å². The monoisotopic (exact) mass is 316 g/mol. The first-order valence-electron chi connectivity index (χ1n) is 7.19. The molecule has 2 bridgehead atoms. The highest BCUT2D eigenvalue weighted by molar-refractivity contribution is 6.30. The molecule has 1 saturated carbocycles. The first kappa shape index (κ1) is 13.5. The molecule has 22 heavy (non-hydrogen) atoms. The number of benzene rings is 1. The number of carbonyl (C=O) groups excluding carboxylic acids is 3. The van der Waals surface area contributed by atoms with E-state index in [1.165, 1.54) is 0 Å². The largest absolute Gasteiger partial charge is 0.272 e. The Balaban J connectivity index is 1.54. The smallest absolute Gasteiger partial charge is 0.270 e. The van der Waals surface area contributed by atoms with Crippen LogP contribution >= 0.6 is 11.6 Å². The molecule has 5 nitrogen and oxygen atoms in total. The molecule has 6 heteroatoms. The number of imide groups is 1. The maximum absolute atomic E-state index is 12.4. The fourth-order valence-electron chi connectivity index (χ4n) is 3.78. The number of nitrogens with one attached hydrogen (secondary N) is 1. The second-order valence-corrected chi connectivity index (χ2v) is 6.40. The molecule has 112 valence electrons. The number of rotatable bonds is 2. The molecule has 0 spiro atoms. The SMILES string of the molecule is O=C(NN1C(=O)C2C3C=CC(C3)C2C1=O)c1ccc(Cl)cc1. The van der Waals surface area contributed by atoms with Crippen molar-refractivity contribution >= 4 is 29.3 Å². The van der Waals surface area contributed by atoms with Gasteiger partial charge >= 0.3 is 0 Å². The van der Waals surface area contributed by atoms with E-state index in [-0.39, 0.29) is 35.5 Å². The zero-order chi connectivity index (χ0) is 15.4. The minimum Gasteiger partial charge on any atom is -0.272 e. The summed E-state index contributed by atoms with van der Waals surface area (Å²) in [6, 6.07) is 6.27. The molecule has 1 heterocycles. The molecule has 2 aliphatic carbocycles. The highest BCUT2D eigenvalue weighted by Gasteiger charge is 2.59. The summed E-state index contributed by atoms with van der Waals surface area (Å²) < 4.78 is 0. The first-order chi connectivity index (χ1) is 10.6. The van der Waals surface area contributed by atoms with E-state index in [0.717, 1.165) is 11.4 Å². The van der Waals surface area contributed by atoms with Crippen LogP contribution in [0.5, 0.6) is 0 Å². The molecule has 4 atom stereocenters. The Bertz CT molecular complexity index is 683. The summed E-state index contributed by atoms with van der Waals surface area (Å²) in [4.78, 5) is 37.1. The molecular formula is C16H13ClN2O3. The van der Waals surface area contributed by atoms with Crippen molar-refractivity contribution in [3.8, 4) is 0 Å². The molecule has 4 rings (SSSR count). The lowest BCUT2D eigenvalue weighted by atomic mass is 9.85. The van der Waals surface area contributed by atoms with Gasteiger partial charge in [0.2, 0.25) is 0 Å². The van der Waals surface area contributed by atoms with Crippen LogP contribution in [-0.2, 0) is 9.59 Å². The fourth-order valence-corrected chi connectivity index (χ4v) is 3.91. The maximum atomic E-state index is 12.4. The van der Waals surface area contributed by atoms with Gasteiger partial charge in [-0.1, -0.05) is 23.8 Å². The number of amides is 3. The summed E-state index contributed by atoms with van der Waals surface area (Å²) in [7, 11) is 0. The van der Waals surface area contributed by atoms with Crippen LogP contribution < -0.4 is 5.43 Å². The second kappa shape index (κ2) is 4.68. The highest BCUT2D eigenvalue weighted by atomic mass is 35.5. The quantitative estimate of drug-likeness (QED) is 0.668. The van der Waals surface area contributed by atoms with Crippen LogP contribution in [0, 0.1) is 23.7 Å². The van der Waals surface area contributed by atoms with Gasteiger partial charge in [0.25, 0.3) is 17.7 Å². The Kier molecular flexibility index (Phi) is 2.87. The van der Waals surface area contributed by atoms with Crippen LogP contribution in [0.1, 0.15) is 16.8 Å². The highest BCUT2D eigenvalue weighted by Crippen LogP contribution is 2.52. The lowest BCUT2D eigenvalue weighted by molar-refractivity contribution is -0.143. The molecule has 1 aliphatic heterocycles. The van der Waals surface area contributed by atoms with Crippen LogP contribution in [0.25, 0.3) is 0 Å². The number of fused-ring (bicyclic) bond motifs is 5. The van der Waals surface area contributed by atoms with Gasteiger partial charge in [-0.25, -0.2) is 0 Å². The number of halogens is 1. The van der Waals surface area contributed by atoms with E-state index in [1.807, 2.05) is 12.2 Å². The van der Waals surface area contributed by atoms with Crippen molar-refractivity contribution in [3.05, 3.63) is 47.0 Å². The van der Waals surface area contributed by atoms with Crippen molar-refractivity contribution in [2.75, 3.05) is 0 Å². The number of hydrazine groups is 1. The molecule has 1 saturated heterocycles.